The summed E-state index contributed by atoms with van der Waals surface area (Å²) < 4.78 is 13.9. The van der Waals surface area contributed by atoms with Gasteiger partial charge in [0.05, 0.1) is 11.6 Å². The molecular weight excluding hydrogens is 267 g/mol. The zero-order valence-corrected chi connectivity index (χ0v) is 13.1. The van der Waals surface area contributed by atoms with Crippen molar-refractivity contribution in [3.8, 4) is 6.07 Å². The zero-order valence-electron chi connectivity index (χ0n) is 13.1. The third-order valence-electron chi connectivity index (χ3n) is 3.65. The topological polar surface area (TPSA) is 56.0 Å². The lowest BCUT2D eigenvalue weighted by Gasteiger charge is -2.22. The molecule has 116 valence electrons. The van der Waals surface area contributed by atoms with Gasteiger partial charge >= 0.3 is 0 Å². The van der Waals surface area contributed by atoms with Crippen LogP contribution < -0.4 is 5.32 Å². The highest BCUT2D eigenvalue weighted by Crippen LogP contribution is 2.20. The van der Waals surface area contributed by atoms with E-state index in [4.69, 9.17) is 10.4 Å². The van der Waals surface area contributed by atoms with E-state index < -0.39 is 0 Å². The Hall–Kier alpha value is -1.44. The maximum absolute atomic E-state index is 13.9. The Morgan fingerprint density at radius 1 is 1.33 bits per heavy atom. The lowest BCUT2D eigenvalue weighted by Crippen LogP contribution is -2.27. The highest BCUT2D eigenvalue weighted by Gasteiger charge is 2.15. The van der Waals surface area contributed by atoms with Crippen LogP contribution in [0, 0.1) is 29.0 Å². The summed E-state index contributed by atoms with van der Waals surface area (Å²) in [5.74, 6) is 0.612. The molecule has 0 saturated carbocycles. The molecule has 0 amide bonds. The van der Waals surface area contributed by atoms with Gasteiger partial charge in [0.1, 0.15) is 5.82 Å². The molecule has 2 atom stereocenters. The normalized spacial score (nSPS) is 14.0. The Labute approximate surface area is 126 Å². The summed E-state index contributed by atoms with van der Waals surface area (Å²) in [5.41, 5.74) is 0.905. The molecule has 1 aromatic rings. The number of nitriles is 1. The molecule has 0 radical (unpaired) electrons. The molecule has 1 rings (SSSR count). The highest BCUT2D eigenvalue weighted by molar-refractivity contribution is 5.34. The summed E-state index contributed by atoms with van der Waals surface area (Å²) in [6.07, 6.45) is 1.80. The molecule has 2 unspecified atom stereocenters. The minimum Gasteiger partial charge on any atom is -0.396 e. The molecule has 0 bridgehead atoms. The van der Waals surface area contributed by atoms with E-state index in [1.165, 1.54) is 6.07 Å². The molecule has 2 N–H and O–H groups in total. The molecule has 0 aromatic heterocycles. The van der Waals surface area contributed by atoms with Crippen LogP contribution in [0.3, 0.4) is 0 Å². The van der Waals surface area contributed by atoms with E-state index in [0.29, 0.717) is 23.0 Å². The van der Waals surface area contributed by atoms with Crippen LogP contribution in [0.5, 0.6) is 0 Å². The third-order valence-corrected chi connectivity index (χ3v) is 3.65. The van der Waals surface area contributed by atoms with Gasteiger partial charge in [0.2, 0.25) is 0 Å². The average molecular weight is 292 g/mol. The largest absolute Gasteiger partial charge is 0.396 e. The second-order valence-corrected chi connectivity index (χ2v) is 5.99. The van der Waals surface area contributed by atoms with E-state index in [2.05, 4.69) is 19.2 Å². The summed E-state index contributed by atoms with van der Waals surface area (Å²) in [6.45, 7) is 7.16. The number of aliphatic hydroxyl groups excluding tert-OH is 1. The van der Waals surface area contributed by atoms with Crippen molar-refractivity contribution in [2.45, 2.75) is 39.7 Å². The quantitative estimate of drug-likeness (QED) is 0.772. The number of nitrogens with one attached hydrogen (secondary N) is 1. The SMILES string of the molecule is CC(C)CC(CCO)CNC(C)c1ccc(C#N)cc1F. The fourth-order valence-corrected chi connectivity index (χ4v) is 2.55. The maximum Gasteiger partial charge on any atom is 0.129 e. The van der Waals surface area contributed by atoms with Crippen molar-refractivity contribution in [1.29, 1.82) is 5.26 Å². The molecular formula is C17H25FN2O. The van der Waals surface area contributed by atoms with Crippen molar-refractivity contribution in [3.63, 3.8) is 0 Å². The van der Waals surface area contributed by atoms with Gasteiger partial charge in [-0.15, -0.1) is 0 Å². The smallest absolute Gasteiger partial charge is 0.129 e. The molecule has 0 spiro atoms. The van der Waals surface area contributed by atoms with Crippen LogP contribution in [0.25, 0.3) is 0 Å². The van der Waals surface area contributed by atoms with Gasteiger partial charge in [0, 0.05) is 18.2 Å². The molecule has 0 aliphatic rings. The number of benzene rings is 1. The average Bonchev–Trinajstić information content (AvgIpc) is 2.44. The van der Waals surface area contributed by atoms with Crippen molar-refractivity contribution in [2.75, 3.05) is 13.2 Å². The lowest BCUT2D eigenvalue weighted by atomic mass is 9.94. The van der Waals surface area contributed by atoms with Crippen LogP contribution in [0.15, 0.2) is 18.2 Å². The standard InChI is InChI=1S/C17H25FN2O/c1-12(2)8-15(6-7-21)11-20-13(3)16-5-4-14(10-19)9-17(16)18/h4-5,9,12-13,15,20-21H,6-8,11H2,1-3H3. The zero-order chi connectivity index (χ0) is 15.8. The first-order valence-corrected chi connectivity index (χ1v) is 7.51. The van der Waals surface area contributed by atoms with E-state index in [1.807, 2.05) is 13.0 Å². The van der Waals surface area contributed by atoms with E-state index in [9.17, 15) is 4.39 Å². The van der Waals surface area contributed by atoms with Gasteiger partial charge < -0.3 is 10.4 Å². The van der Waals surface area contributed by atoms with Gasteiger partial charge in [-0.3, -0.25) is 0 Å². The second kappa shape index (κ2) is 8.76. The summed E-state index contributed by atoms with van der Waals surface area (Å²) in [7, 11) is 0. The van der Waals surface area contributed by atoms with Crippen molar-refractivity contribution in [3.05, 3.63) is 35.1 Å². The summed E-state index contributed by atoms with van der Waals surface area (Å²) in [5, 5.41) is 21.2. The second-order valence-electron chi connectivity index (χ2n) is 5.99. The fourth-order valence-electron chi connectivity index (χ4n) is 2.55. The molecule has 0 aliphatic carbocycles. The molecule has 0 fully saturated rings. The highest BCUT2D eigenvalue weighted by atomic mass is 19.1. The maximum atomic E-state index is 13.9. The van der Waals surface area contributed by atoms with Gasteiger partial charge in [0.15, 0.2) is 0 Å². The predicted octanol–water partition coefficient (Wildman–Crippen LogP) is 3.39. The van der Waals surface area contributed by atoms with Crippen molar-refractivity contribution in [1.82, 2.24) is 5.32 Å². The van der Waals surface area contributed by atoms with Gasteiger partial charge in [-0.2, -0.15) is 5.26 Å². The Balaban J connectivity index is 2.63. The first-order valence-electron chi connectivity index (χ1n) is 7.51. The Bertz CT molecular complexity index is 482. The van der Waals surface area contributed by atoms with Crippen LogP contribution in [-0.2, 0) is 0 Å². The first kappa shape index (κ1) is 17.6. The van der Waals surface area contributed by atoms with Crippen LogP contribution in [-0.4, -0.2) is 18.3 Å². The lowest BCUT2D eigenvalue weighted by molar-refractivity contribution is 0.236. The molecule has 21 heavy (non-hydrogen) atoms. The van der Waals surface area contributed by atoms with Crippen molar-refractivity contribution >= 4 is 0 Å². The third kappa shape index (κ3) is 5.82. The van der Waals surface area contributed by atoms with Crippen molar-refractivity contribution in [2.24, 2.45) is 11.8 Å². The van der Waals surface area contributed by atoms with Crippen LogP contribution >= 0.6 is 0 Å². The number of hydrogen-bond donors (Lipinski definition) is 2. The Morgan fingerprint density at radius 3 is 2.57 bits per heavy atom. The van der Waals surface area contributed by atoms with Crippen LogP contribution in [0.4, 0.5) is 4.39 Å². The van der Waals surface area contributed by atoms with E-state index in [0.717, 1.165) is 19.4 Å². The summed E-state index contributed by atoms with van der Waals surface area (Å²) >= 11 is 0. The number of rotatable bonds is 8. The minimum absolute atomic E-state index is 0.119. The molecule has 1 aromatic carbocycles. The van der Waals surface area contributed by atoms with E-state index in [-0.39, 0.29) is 18.5 Å². The molecule has 0 aliphatic heterocycles. The number of hydrogen-bond acceptors (Lipinski definition) is 3. The van der Waals surface area contributed by atoms with E-state index >= 15 is 0 Å². The predicted molar refractivity (Wildman–Crippen MR) is 82.2 cm³/mol. The monoisotopic (exact) mass is 292 g/mol. The van der Waals surface area contributed by atoms with Gasteiger partial charge in [-0.1, -0.05) is 19.9 Å². The van der Waals surface area contributed by atoms with Crippen LogP contribution in [0.1, 0.15) is 50.8 Å². The minimum atomic E-state index is -0.350. The number of aliphatic hydroxyl groups is 1. The molecule has 3 nitrogen and oxygen atoms in total. The number of halogens is 1. The van der Waals surface area contributed by atoms with Gasteiger partial charge in [-0.05, 0) is 50.3 Å². The van der Waals surface area contributed by atoms with Gasteiger partial charge in [0.25, 0.3) is 0 Å². The number of nitrogens with zero attached hydrogens (tertiary/aromatic N) is 1. The Morgan fingerprint density at radius 2 is 2.05 bits per heavy atom. The van der Waals surface area contributed by atoms with Crippen LogP contribution in [0.2, 0.25) is 0 Å². The van der Waals surface area contributed by atoms with Gasteiger partial charge in [-0.25, -0.2) is 4.39 Å². The molecule has 0 saturated heterocycles. The summed E-state index contributed by atoms with van der Waals surface area (Å²) in [6, 6.07) is 6.38. The first-order chi connectivity index (χ1) is 9.97. The van der Waals surface area contributed by atoms with E-state index in [1.54, 1.807) is 12.1 Å². The molecule has 4 heteroatoms. The van der Waals surface area contributed by atoms with Crippen molar-refractivity contribution < 1.29 is 9.50 Å². The Kier molecular flexibility index (Phi) is 7.35. The fraction of sp³-hybridized carbons (Fsp3) is 0.588. The summed E-state index contributed by atoms with van der Waals surface area (Å²) in [4.78, 5) is 0. The molecule has 0 heterocycles.